The maximum Gasteiger partial charge on any atom is 0.220 e. The Morgan fingerprint density at radius 3 is 2.51 bits per heavy atom. The Bertz CT molecular complexity index is 1840. The summed E-state index contributed by atoms with van der Waals surface area (Å²) in [6, 6.07) is 32.1. The van der Waals surface area contributed by atoms with Crippen molar-refractivity contribution in [3.63, 3.8) is 0 Å². The summed E-state index contributed by atoms with van der Waals surface area (Å²) in [6.45, 7) is 2.76. The molecule has 1 aromatic heterocycles. The number of fused-ring (bicyclic) bond motifs is 3. The number of allylic oxidation sites excluding steroid dienone is 1. The van der Waals surface area contributed by atoms with Crippen LogP contribution in [0.5, 0.6) is 0 Å². The van der Waals surface area contributed by atoms with Crippen molar-refractivity contribution in [3.8, 4) is 17.2 Å². The van der Waals surface area contributed by atoms with Gasteiger partial charge in [0.25, 0.3) is 0 Å². The standard InChI is InChI=1S/C36H32N4O/c1-24-20-29(26-8-4-3-5-9-26)22-33-36(24)39-34(16-17-35(41)38-2)40(33)23-25-12-15-31-28(21-25)14-13-27-10-6-7-11-30(27)32(31)18-19-37/h3-12,15,18,20-22H,13-14,16-17,23H2,1-2H3,(H,38,41). The van der Waals surface area contributed by atoms with E-state index in [1.807, 2.05) is 12.1 Å². The number of carbonyl (C=O) groups excluding carboxylic acids is 1. The number of nitrogens with zero attached hydrogens (tertiary/aromatic N) is 3. The molecule has 1 aliphatic rings. The third kappa shape index (κ3) is 5.17. The monoisotopic (exact) mass is 536 g/mol. The third-order valence-corrected chi connectivity index (χ3v) is 8.07. The maximum atomic E-state index is 12.2. The van der Waals surface area contributed by atoms with Crippen LogP contribution >= 0.6 is 0 Å². The lowest BCUT2D eigenvalue weighted by Crippen LogP contribution is -2.19. The molecule has 0 atom stereocenters. The first-order chi connectivity index (χ1) is 20.1. The molecular weight excluding hydrogens is 504 g/mol. The van der Waals surface area contributed by atoms with Crippen LogP contribution in [0.3, 0.4) is 0 Å². The first kappa shape index (κ1) is 26.3. The van der Waals surface area contributed by atoms with Crippen molar-refractivity contribution in [1.82, 2.24) is 14.9 Å². The van der Waals surface area contributed by atoms with E-state index < -0.39 is 0 Å². The topological polar surface area (TPSA) is 70.7 Å². The van der Waals surface area contributed by atoms with E-state index in [1.54, 1.807) is 13.1 Å². The molecule has 0 saturated carbocycles. The predicted octanol–water partition coefficient (Wildman–Crippen LogP) is 6.79. The summed E-state index contributed by atoms with van der Waals surface area (Å²) in [4.78, 5) is 17.2. The van der Waals surface area contributed by atoms with Crippen LogP contribution in [0.2, 0.25) is 0 Å². The van der Waals surface area contributed by atoms with E-state index in [1.165, 1.54) is 22.3 Å². The molecule has 5 nitrogen and oxygen atoms in total. The highest BCUT2D eigenvalue weighted by molar-refractivity contribution is 5.87. The van der Waals surface area contributed by atoms with Crippen molar-refractivity contribution < 1.29 is 4.79 Å². The van der Waals surface area contributed by atoms with Crippen LogP contribution in [-0.2, 0) is 30.6 Å². The first-order valence-corrected chi connectivity index (χ1v) is 14.1. The number of nitrogens with one attached hydrogen (secondary N) is 1. The van der Waals surface area contributed by atoms with Crippen LogP contribution in [-0.4, -0.2) is 22.5 Å². The van der Waals surface area contributed by atoms with Crippen molar-refractivity contribution in [3.05, 3.63) is 130 Å². The van der Waals surface area contributed by atoms with Gasteiger partial charge in [-0.25, -0.2) is 4.98 Å². The van der Waals surface area contributed by atoms with Crippen LogP contribution in [0.15, 0.2) is 91.0 Å². The highest BCUT2D eigenvalue weighted by Gasteiger charge is 2.20. The van der Waals surface area contributed by atoms with E-state index in [0.29, 0.717) is 19.4 Å². The highest BCUT2D eigenvalue weighted by Crippen LogP contribution is 2.35. The number of rotatable bonds is 6. The lowest BCUT2D eigenvalue weighted by Gasteiger charge is -2.14. The Morgan fingerprint density at radius 1 is 0.951 bits per heavy atom. The molecule has 1 aliphatic carbocycles. The molecule has 0 fully saturated rings. The molecule has 41 heavy (non-hydrogen) atoms. The minimum absolute atomic E-state index is 0.00621. The molecule has 5 aromatic rings. The number of hydrogen-bond acceptors (Lipinski definition) is 3. The fourth-order valence-corrected chi connectivity index (χ4v) is 5.99. The van der Waals surface area contributed by atoms with Gasteiger partial charge in [-0.3, -0.25) is 4.79 Å². The normalized spacial score (nSPS) is 13.3. The summed E-state index contributed by atoms with van der Waals surface area (Å²) in [5.74, 6) is 0.913. The second-order valence-corrected chi connectivity index (χ2v) is 10.7. The van der Waals surface area contributed by atoms with Crippen LogP contribution in [0.25, 0.3) is 27.7 Å². The quantitative estimate of drug-likeness (QED) is 0.243. The maximum absolute atomic E-state index is 12.2. The van der Waals surface area contributed by atoms with Gasteiger partial charge in [-0.2, -0.15) is 5.26 Å². The smallest absolute Gasteiger partial charge is 0.220 e. The highest BCUT2D eigenvalue weighted by atomic mass is 16.1. The summed E-state index contributed by atoms with van der Waals surface area (Å²) in [6.07, 6.45) is 4.46. The molecule has 1 amide bonds. The molecule has 5 heteroatoms. The van der Waals surface area contributed by atoms with Crippen molar-refractivity contribution >= 4 is 22.5 Å². The Morgan fingerprint density at radius 2 is 1.71 bits per heavy atom. The van der Waals surface area contributed by atoms with Crippen LogP contribution < -0.4 is 5.32 Å². The molecule has 202 valence electrons. The van der Waals surface area contributed by atoms with Crippen molar-refractivity contribution in [1.29, 1.82) is 5.26 Å². The van der Waals surface area contributed by atoms with Gasteiger partial charge in [0.2, 0.25) is 5.91 Å². The third-order valence-electron chi connectivity index (χ3n) is 8.07. The van der Waals surface area contributed by atoms with Crippen molar-refractivity contribution in [2.24, 2.45) is 0 Å². The minimum Gasteiger partial charge on any atom is -0.359 e. The Hall–Kier alpha value is -4.95. The first-order valence-electron chi connectivity index (χ1n) is 14.1. The van der Waals surface area contributed by atoms with Crippen molar-refractivity contribution in [2.75, 3.05) is 7.05 Å². The lowest BCUT2D eigenvalue weighted by molar-refractivity contribution is -0.120. The number of aryl methyl sites for hydroxylation is 4. The average molecular weight is 537 g/mol. The predicted molar refractivity (Wildman–Crippen MR) is 164 cm³/mol. The number of amides is 1. The van der Waals surface area contributed by atoms with Gasteiger partial charge in [0.15, 0.2) is 0 Å². The Labute approximate surface area is 240 Å². The number of nitriles is 1. The molecule has 6 rings (SSSR count). The van der Waals surface area contributed by atoms with Crippen LogP contribution in [0.4, 0.5) is 0 Å². The number of benzene rings is 4. The molecule has 0 bridgehead atoms. The summed E-state index contributed by atoms with van der Waals surface area (Å²) < 4.78 is 2.27. The average Bonchev–Trinajstić information content (AvgIpc) is 3.27. The fraction of sp³-hybridized carbons (Fsp3) is 0.194. The Kier molecular flexibility index (Phi) is 7.22. The Balaban J connectivity index is 1.44. The fourth-order valence-electron chi connectivity index (χ4n) is 5.99. The number of hydrogen-bond donors (Lipinski definition) is 1. The van der Waals surface area contributed by atoms with Crippen LogP contribution in [0, 0.1) is 18.3 Å². The summed E-state index contributed by atoms with van der Waals surface area (Å²) in [7, 11) is 1.67. The molecule has 0 aliphatic heterocycles. The van der Waals surface area contributed by atoms with Crippen LogP contribution in [0.1, 0.15) is 45.6 Å². The second-order valence-electron chi connectivity index (χ2n) is 10.7. The SMILES string of the molecule is CNC(=O)CCc1nc2c(C)cc(-c3ccccc3)cc2n1Cc1ccc2c(c1)CCc1ccccc1C2=CC#N. The number of carbonyl (C=O) groups is 1. The van der Waals surface area contributed by atoms with Gasteiger partial charge < -0.3 is 9.88 Å². The molecule has 1 heterocycles. The summed E-state index contributed by atoms with van der Waals surface area (Å²) in [5, 5.41) is 12.3. The number of imidazole rings is 1. The van der Waals surface area contributed by atoms with Gasteiger partial charge in [-0.1, -0.05) is 72.8 Å². The van der Waals surface area contributed by atoms with E-state index in [4.69, 9.17) is 4.98 Å². The van der Waals surface area contributed by atoms with E-state index in [9.17, 15) is 10.1 Å². The lowest BCUT2D eigenvalue weighted by atomic mass is 9.93. The minimum atomic E-state index is 0.00621. The van der Waals surface area contributed by atoms with Gasteiger partial charge >= 0.3 is 0 Å². The zero-order valence-corrected chi connectivity index (χ0v) is 23.4. The van der Waals surface area contributed by atoms with E-state index >= 15 is 0 Å². The summed E-state index contributed by atoms with van der Waals surface area (Å²) >= 11 is 0. The molecular formula is C36H32N4O. The van der Waals surface area contributed by atoms with Gasteiger partial charge in [0.05, 0.1) is 17.1 Å². The second kappa shape index (κ2) is 11.3. The van der Waals surface area contributed by atoms with E-state index in [-0.39, 0.29) is 5.91 Å². The molecule has 1 N–H and O–H groups in total. The summed E-state index contributed by atoms with van der Waals surface area (Å²) in [5.41, 5.74) is 12.4. The molecule has 0 unspecified atom stereocenters. The molecule has 0 radical (unpaired) electrons. The largest absolute Gasteiger partial charge is 0.359 e. The molecule has 4 aromatic carbocycles. The van der Waals surface area contributed by atoms with E-state index in [2.05, 4.69) is 95.7 Å². The van der Waals surface area contributed by atoms with Crippen molar-refractivity contribution in [2.45, 2.75) is 39.2 Å². The van der Waals surface area contributed by atoms with E-state index in [0.717, 1.165) is 57.5 Å². The van der Waals surface area contributed by atoms with Gasteiger partial charge in [0.1, 0.15) is 5.82 Å². The van der Waals surface area contributed by atoms with Gasteiger partial charge in [-0.15, -0.1) is 0 Å². The van der Waals surface area contributed by atoms with Gasteiger partial charge in [0, 0.05) is 32.5 Å². The number of aromatic nitrogens is 2. The zero-order valence-electron chi connectivity index (χ0n) is 23.4. The van der Waals surface area contributed by atoms with Gasteiger partial charge in [-0.05, 0) is 82.0 Å². The molecule has 0 saturated heterocycles. The molecule has 0 spiro atoms. The zero-order chi connectivity index (χ0) is 28.3.